The molecule has 0 bridgehead atoms. The molecule has 1 aromatic heterocycles. The fraction of sp³-hybridized carbons (Fsp3) is 0.286. The van der Waals surface area contributed by atoms with Crippen molar-refractivity contribution in [3.8, 4) is 5.75 Å². The molecule has 0 aliphatic heterocycles. The molecule has 1 rings (SSSR count). The molecule has 0 atom stereocenters. The first-order chi connectivity index (χ1) is 5.68. The van der Waals surface area contributed by atoms with Crippen LogP contribution < -0.4 is 4.74 Å². The zero-order chi connectivity index (χ0) is 8.97. The molecule has 0 saturated carbocycles. The number of hydrogen-bond acceptors (Lipinski definition) is 4. The first kappa shape index (κ1) is 8.86. The van der Waals surface area contributed by atoms with E-state index < -0.39 is 0 Å². The molecule has 0 amide bonds. The largest absolute Gasteiger partial charge is 0.483 e. The van der Waals surface area contributed by atoms with Crippen molar-refractivity contribution in [1.82, 2.24) is 9.97 Å². The molecule has 4 nitrogen and oxygen atoms in total. The summed E-state index contributed by atoms with van der Waals surface area (Å²) in [7, 11) is 0. The van der Waals surface area contributed by atoms with Gasteiger partial charge in [0.25, 0.3) is 0 Å². The number of carbonyl (C=O) groups is 1. The Morgan fingerprint density at radius 1 is 1.83 bits per heavy atom. The van der Waals surface area contributed by atoms with Crippen molar-refractivity contribution < 1.29 is 9.53 Å². The van der Waals surface area contributed by atoms with Crippen molar-refractivity contribution in [3.63, 3.8) is 0 Å². The summed E-state index contributed by atoms with van der Waals surface area (Å²) in [6, 6.07) is 0. The van der Waals surface area contributed by atoms with Gasteiger partial charge in [-0.25, -0.2) is 4.98 Å². The van der Waals surface area contributed by atoms with Gasteiger partial charge in [0.15, 0.2) is 16.3 Å². The number of H-pyrrole nitrogens is 1. The lowest BCUT2D eigenvalue weighted by atomic mass is 10.5. The number of rotatable bonds is 3. The van der Waals surface area contributed by atoms with Crippen molar-refractivity contribution in [3.05, 3.63) is 17.2 Å². The minimum atomic E-state index is -0.0301. The van der Waals surface area contributed by atoms with Crippen LogP contribution in [0.2, 0.25) is 0 Å². The Labute approximate surface area is 74.6 Å². The minimum absolute atomic E-state index is 0.0301. The summed E-state index contributed by atoms with van der Waals surface area (Å²) < 4.78 is 5.43. The van der Waals surface area contributed by atoms with Gasteiger partial charge in [0.2, 0.25) is 0 Å². The molecule has 1 heterocycles. The maximum absolute atomic E-state index is 10.5. The van der Waals surface area contributed by atoms with E-state index in [-0.39, 0.29) is 12.4 Å². The summed E-state index contributed by atoms with van der Waals surface area (Å²) in [6.07, 6.45) is 3.04. The number of nitrogens with one attached hydrogen (secondary N) is 1. The van der Waals surface area contributed by atoms with Gasteiger partial charge in [0, 0.05) is 6.20 Å². The van der Waals surface area contributed by atoms with E-state index in [1.54, 1.807) is 6.20 Å². The minimum Gasteiger partial charge on any atom is -0.483 e. The maximum Gasteiger partial charge on any atom is 0.196 e. The molecule has 0 unspecified atom stereocenters. The van der Waals surface area contributed by atoms with Crippen LogP contribution in [0.3, 0.4) is 0 Å². The number of ketones is 1. The molecule has 0 aliphatic rings. The molecule has 0 spiro atoms. The van der Waals surface area contributed by atoms with E-state index in [0.717, 1.165) is 0 Å². The third-order valence-corrected chi connectivity index (χ3v) is 1.31. The first-order valence-corrected chi connectivity index (χ1v) is 3.76. The highest BCUT2D eigenvalue weighted by Gasteiger charge is 1.95. The molecule has 5 heteroatoms. The average Bonchev–Trinajstić information content (AvgIpc) is 2.03. The smallest absolute Gasteiger partial charge is 0.196 e. The third-order valence-electron chi connectivity index (χ3n) is 1.09. The molecule has 0 saturated heterocycles. The molecule has 0 radical (unpaired) electrons. The van der Waals surface area contributed by atoms with Crippen molar-refractivity contribution in [2.75, 3.05) is 6.61 Å². The number of aromatic amines is 1. The van der Waals surface area contributed by atoms with Gasteiger partial charge in [-0.2, -0.15) is 0 Å². The molecule has 0 aliphatic carbocycles. The molecule has 0 aromatic carbocycles. The second kappa shape index (κ2) is 3.96. The highest BCUT2D eigenvalue weighted by Crippen LogP contribution is 2.03. The molecular formula is C7H8N2O2S. The number of aromatic nitrogens is 2. The molecular weight excluding hydrogens is 176 g/mol. The topological polar surface area (TPSA) is 55.0 Å². The standard InChI is InChI=1S/C7H8N2O2S/c1-5(10)4-11-6-2-8-7(12)9-3-6/h2-3H,4H2,1H3,(H,8,9,12). The van der Waals surface area contributed by atoms with Gasteiger partial charge in [-0.05, 0) is 19.1 Å². The summed E-state index contributed by atoms with van der Waals surface area (Å²) in [5.74, 6) is 0.483. The Bertz CT molecular complexity index is 314. The predicted octanol–water partition coefficient (Wildman–Crippen LogP) is 1.11. The van der Waals surface area contributed by atoms with Crippen molar-refractivity contribution in [2.24, 2.45) is 0 Å². The molecule has 1 aromatic rings. The Morgan fingerprint density at radius 2 is 2.58 bits per heavy atom. The molecule has 64 valence electrons. The monoisotopic (exact) mass is 184 g/mol. The highest BCUT2D eigenvalue weighted by atomic mass is 32.1. The molecule has 0 fully saturated rings. The zero-order valence-corrected chi connectivity index (χ0v) is 7.35. The molecule has 12 heavy (non-hydrogen) atoms. The van der Waals surface area contributed by atoms with E-state index in [9.17, 15) is 4.79 Å². The number of ether oxygens (including phenoxy) is 1. The van der Waals surface area contributed by atoms with E-state index in [4.69, 9.17) is 17.0 Å². The number of hydrogen-bond donors (Lipinski definition) is 1. The van der Waals surface area contributed by atoms with Crippen LogP contribution in [0.1, 0.15) is 6.92 Å². The van der Waals surface area contributed by atoms with E-state index in [1.807, 2.05) is 0 Å². The van der Waals surface area contributed by atoms with E-state index in [1.165, 1.54) is 13.1 Å². The summed E-state index contributed by atoms with van der Waals surface area (Å²) in [6.45, 7) is 1.52. The fourth-order valence-corrected chi connectivity index (χ4v) is 0.705. The summed E-state index contributed by atoms with van der Waals surface area (Å²) in [5, 5.41) is 0. The lowest BCUT2D eigenvalue weighted by Crippen LogP contribution is -2.06. The Balaban J connectivity index is 2.59. The quantitative estimate of drug-likeness (QED) is 0.715. The van der Waals surface area contributed by atoms with Gasteiger partial charge in [-0.3, -0.25) is 4.79 Å². The van der Waals surface area contributed by atoms with Crippen LogP contribution in [0.4, 0.5) is 0 Å². The average molecular weight is 184 g/mol. The second-order valence-electron chi connectivity index (χ2n) is 2.25. The zero-order valence-electron chi connectivity index (χ0n) is 6.53. The predicted molar refractivity (Wildman–Crippen MR) is 45.6 cm³/mol. The maximum atomic E-state index is 10.5. The summed E-state index contributed by atoms with van der Waals surface area (Å²) in [4.78, 5) is 17.0. The molecule has 1 N–H and O–H groups in total. The normalized spacial score (nSPS) is 9.42. The van der Waals surface area contributed by atoms with Crippen LogP contribution in [0.15, 0.2) is 12.4 Å². The SMILES string of the molecule is CC(=O)COc1cnc(=S)[nH]c1. The van der Waals surface area contributed by atoms with Crippen molar-refractivity contribution in [2.45, 2.75) is 6.92 Å². The van der Waals surface area contributed by atoms with Crippen LogP contribution in [0, 0.1) is 4.77 Å². The number of carbonyl (C=O) groups excluding carboxylic acids is 1. The van der Waals surface area contributed by atoms with Crippen LogP contribution in [0.5, 0.6) is 5.75 Å². The van der Waals surface area contributed by atoms with Crippen LogP contribution in [-0.2, 0) is 4.79 Å². The number of Topliss-reactive ketones (excluding diaryl/α,β-unsaturated/α-hetero) is 1. The van der Waals surface area contributed by atoms with Crippen LogP contribution in [0.25, 0.3) is 0 Å². The van der Waals surface area contributed by atoms with Crippen LogP contribution >= 0.6 is 12.2 Å². The van der Waals surface area contributed by atoms with Gasteiger partial charge in [0.1, 0.15) is 6.61 Å². The van der Waals surface area contributed by atoms with Gasteiger partial charge < -0.3 is 9.72 Å². The van der Waals surface area contributed by atoms with Crippen molar-refractivity contribution >= 4 is 18.0 Å². The van der Waals surface area contributed by atoms with E-state index in [0.29, 0.717) is 10.5 Å². The lowest BCUT2D eigenvalue weighted by molar-refractivity contribution is -0.118. The van der Waals surface area contributed by atoms with Gasteiger partial charge in [0.05, 0.1) is 6.20 Å². The summed E-state index contributed by atoms with van der Waals surface area (Å²) >= 11 is 4.72. The Kier molecular flexibility index (Phi) is 2.93. The number of nitrogens with zero attached hydrogens (tertiary/aromatic N) is 1. The fourth-order valence-electron chi connectivity index (χ4n) is 0.594. The van der Waals surface area contributed by atoms with Crippen molar-refractivity contribution in [1.29, 1.82) is 0 Å². The Hall–Kier alpha value is -1.23. The van der Waals surface area contributed by atoms with Gasteiger partial charge in [-0.1, -0.05) is 0 Å². The van der Waals surface area contributed by atoms with Gasteiger partial charge in [-0.15, -0.1) is 0 Å². The van der Waals surface area contributed by atoms with Gasteiger partial charge >= 0.3 is 0 Å². The van der Waals surface area contributed by atoms with E-state index >= 15 is 0 Å². The summed E-state index contributed by atoms with van der Waals surface area (Å²) in [5.41, 5.74) is 0. The second-order valence-corrected chi connectivity index (χ2v) is 2.63. The third kappa shape index (κ3) is 2.79. The first-order valence-electron chi connectivity index (χ1n) is 3.35. The lowest BCUT2D eigenvalue weighted by Gasteiger charge is -2.00. The highest BCUT2D eigenvalue weighted by molar-refractivity contribution is 7.71. The Morgan fingerprint density at radius 3 is 3.08 bits per heavy atom. The van der Waals surface area contributed by atoms with E-state index in [2.05, 4.69) is 9.97 Å². The van der Waals surface area contributed by atoms with Crippen LogP contribution in [-0.4, -0.2) is 22.4 Å².